The summed E-state index contributed by atoms with van der Waals surface area (Å²) in [6, 6.07) is 2.18. The monoisotopic (exact) mass is 123 g/mol. The van der Waals surface area contributed by atoms with Crippen molar-refractivity contribution < 1.29 is 0 Å². The van der Waals surface area contributed by atoms with Gasteiger partial charge in [-0.2, -0.15) is 5.26 Å². The van der Waals surface area contributed by atoms with Crippen LogP contribution >= 0.6 is 0 Å². The molecule has 2 unspecified atom stereocenters. The van der Waals surface area contributed by atoms with Crippen molar-refractivity contribution in [1.29, 1.82) is 5.26 Å². The average molecular weight is 123 g/mol. The second-order valence-electron chi connectivity index (χ2n) is 2.86. The number of hydrogen-bond donors (Lipinski definition) is 0. The Morgan fingerprint density at radius 1 is 1.56 bits per heavy atom. The van der Waals surface area contributed by atoms with Gasteiger partial charge in [-0.05, 0) is 24.7 Å². The summed E-state index contributed by atoms with van der Waals surface area (Å²) in [7, 11) is 0. The van der Waals surface area contributed by atoms with E-state index in [4.69, 9.17) is 5.26 Å². The molecule has 50 valence electrons. The van der Waals surface area contributed by atoms with Gasteiger partial charge in [0.1, 0.15) is 0 Å². The fraction of sp³-hybridized carbons (Fsp3) is 0.875. The minimum Gasteiger partial charge on any atom is -0.198 e. The van der Waals surface area contributed by atoms with Crippen molar-refractivity contribution >= 4 is 0 Å². The van der Waals surface area contributed by atoms with Gasteiger partial charge in [0.05, 0.1) is 6.07 Å². The van der Waals surface area contributed by atoms with Gasteiger partial charge in [-0.25, -0.2) is 0 Å². The highest BCUT2D eigenvalue weighted by molar-refractivity contribution is 4.87. The fourth-order valence-corrected chi connectivity index (χ4v) is 1.41. The normalized spacial score (nSPS) is 31.6. The molecule has 1 fully saturated rings. The number of rotatable bonds is 3. The molecule has 0 aromatic rings. The number of hydrogen-bond acceptors (Lipinski definition) is 1. The van der Waals surface area contributed by atoms with Crippen LogP contribution in [0.5, 0.6) is 0 Å². The van der Waals surface area contributed by atoms with Gasteiger partial charge in [0.2, 0.25) is 0 Å². The van der Waals surface area contributed by atoms with Crippen molar-refractivity contribution in [2.45, 2.75) is 32.6 Å². The quantitative estimate of drug-likeness (QED) is 0.565. The van der Waals surface area contributed by atoms with Crippen molar-refractivity contribution in [3.63, 3.8) is 0 Å². The second-order valence-corrected chi connectivity index (χ2v) is 2.86. The lowest BCUT2D eigenvalue weighted by atomic mass is 10.2. The van der Waals surface area contributed by atoms with Crippen LogP contribution < -0.4 is 0 Å². The largest absolute Gasteiger partial charge is 0.198 e. The van der Waals surface area contributed by atoms with Gasteiger partial charge in [-0.1, -0.05) is 13.3 Å². The second kappa shape index (κ2) is 2.87. The molecular weight excluding hydrogens is 110 g/mol. The molecule has 1 aliphatic rings. The summed E-state index contributed by atoms with van der Waals surface area (Å²) in [5.41, 5.74) is 0. The molecule has 0 aliphatic heterocycles. The summed E-state index contributed by atoms with van der Waals surface area (Å²) in [4.78, 5) is 0. The minimum absolute atomic E-state index is 0.765. The third kappa shape index (κ3) is 1.71. The van der Waals surface area contributed by atoms with E-state index in [1.165, 1.54) is 12.8 Å². The van der Waals surface area contributed by atoms with E-state index in [2.05, 4.69) is 13.0 Å². The highest BCUT2D eigenvalue weighted by Crippen LogP contribution is 2.43. The van der Waals surface area contributed by atoms with Crippen molar-refractivity contribution in [2.75, 3.05) is 0 Å². The summed E-state index contributed by atoms with van der Waals surface area (Å²) >= 11 is 0. The van der Waals surface area contributed by atoms with Crippen LogP contribution in [-0.2, 0) is 0 Å². The zero-order chi connectivity index (χ0) is 6.69. The molecule has 1 heteroatoms. The van der Waals surface area contributed by atoms with E-state index < -0.39 is 0 Å². The Kier molecular flexibility index (Phi) is 2.10. The van der Waals surface area contributed by atoms with Gasteiger partial charge in [0, 0.05) is 6.42 Å². The molecule has 1 saturated carbocycles. The summed E-state index contributed by atoms with van der Waals surface area (Å²) in [6.07, 6.45) is 4.62. The van der Waals surface area contributed by atoms with Crippen molar-refractivity contribution in [3.05, 3.63) is 0 Å². The molecule has 0 radical (unpaired) electrons. The first kappa shape index (κ1) is 6.61. The Morgan fingerprint density at radius 3 is 2.78 bits per heavy atom. The summed E-state index contributed by atoms with van der Waals surface area (Å²) in [5.74, 6) is 1.88. The van der Waals surface area contributed by atoms with Crippen LogP contribution in [-0.4, -0.2) is 0 Å². The Balaban J connectivity index is 2.00. The predicted molar refractivity (Wildman–Crippen MR) is 36.7 cm³/mol. The van der Waals surface area contributed by atoms with E-state index in [-0.39, 0.29) is 0 Å². The van der Waals surface area contributed by atoms with Gasteiger partial charge < -0.3 is 0 Å². The summed E-state index contributed by atoms with van der Waals surface area (Å²) < 4.78 is 0. The Hall–Kier alpha value is -0.510. The molecule has 1 aliphatic carbocycles. The molecule has 1 nitrogen and oxygen atoms in total. The maximum Gasteiger partial charge on any atom is 0.0621 e. The standard InChI is InChI=1S/C8H13N/c1-2-7-6-8(7)4-3-5-9/h7-8H,2-4,6H2,1H3. The van der Waals surface area contributed by atoms with E-state index in [1.807, 2.05) is 0 Å². The molecule has 2 atom stereocenters. The lowest BCUT2D eigenvalue weighted by Gasteiger charge is -1.88. The van der Waals surface area contributed by atoms with Gasteiger partial charge in [-0.3, -0.25) is 0 Å². The van der Waals surface area contributed by atoms with Crippen LogP contribution in [0.15, 0.2) is 0 Å². The van der Waals surface area contributed by atoms with Gasteiger partial charge in [-0.15, -0.1) is 0 Å². The Labute approximate surface area is 56.7 Å². The van der Waals surface area contributed by atoms with E-state index in [1.54, 1.807) is 0 Å². The van der Waals surface area contributed by atoms with E-state index in [0.29, 0.717) is 0 Å². The molecule has 0 heterocycles. The first-order chi connectivity index (χ1) is 4.38. The molecule has 0 bridgehead atoms. The molecule has 9 heavy (non-hydrogen) atoms. The van der Waals surface area contributed by atoms with Crippen LogP contribution in [0.3, 0.4) is 0 Å². The Morgan fingerprint density at radius 2 is 2.33 bits per heavy atom. The highest BCUT2D eigenvalue weighted by atomic mass is 14.4. The SMILES string of the molecule is CCC1CC1CCC#N. The third-order valence-corrected chi connectivity index (χ3v) is 2.22. The van der Waals surface area contributed by atoms with Gasteiger partial charge in [0.15, 0.2) is 0 Å². The molecule has 0 aromatic heterocycles. The molecule has 1 rings (SSSR count). The maximum atomic E-state index is 8.25. The first-order valence-electron chi connectivity index (χ1n) is 3.75. The van der Waals surface area contributed by atoms with Crippen LogP contribution in [0, 0.1) is 23.2 Å². The average Bonchev–Trinajstić information content (AvgIpc) is 2.62. The first-order valence-corrected chi connectivity index (χ1v) is 3.75. The highest BCUT2D eigenvalue weighted by Gasteiger charge is 2.33. The Bertz CT molecular complexity index is 123. The van der Waals surface area contributed by atoms with Crippen LogP contribution in [0.2, 0.25) is 0 Å². The predicted octanol–water partition coefficient (Wildman–Crippen LogP) is 2.34. The van der Waals surface area contributed by atoms with E-state index in [9.17, 15) is 0 Å². The topological polar surface area (TPSA) is 23.8 Å². The van der Waals surface area contributed by atoms with Gasteiger partial charge >= 0.3 is 0 Å². The molecule has 0 N–H and O–H groups in total. The zero-order valence-corrected chi connectivity index (χ0v) is 5.93. The molecule has 0 amide bonds. The zero-order valence-electron chi connectivity index (χ0n) is 5.93. The molecule has 0 aromatic carbocycles. The molecule has 0 saturated heterocycles. The summed E-state index contributed by atoms with van der Waals surface area (Å²) in [6.45, 7) is 2.23. The van der Waals surface area contributed by atoms with Crippen LogP contribution in [0.25, 0.3) is 0 Å². The third-order valence-electron chi connectivity index (χ3n) is 2.22. The van der Waals surface area contributed by atoms with Crippen LogP contribution in [0.1, 0.15) is 32.6 Å². The fourth-order valence-electron chi connectivity index (χ4n) is 1.41. The summed E-state index contributed by atoms with van der Waals surface area (Å²) in [5, 5.41) is 8.25. The molecule has 0 spiro atoms. The molecular formula is C8H13N. The van der Waals surface area contributed by atoms with Crippen molar-refractivity contribution in [3.8, 4) is 6.07 Å². The van der Waals surface area contributed by atoms with Crippen LogP contribution in [0.4, 0.5) is 0 Å². The maximum absolute atomic E-state index is 8.25. The van der Waals surface area contributed by atoms with Crippen molar-refractivity contribution in [2.24, 2.45) is 11.8 Å². The van der Waals surface area contributed by atoms with E-state index >= 15 is 0 Å². The smallest absolute Gasteiger partial charge is 0.0621 e. The number of nitriles is 1. The lowest BCUT2D eigenvalue weighted by Crippen LogP contribution is -1.79. The number of nitrogens with zero attached hydrogens (tertiary/aromatic N) is 1. The van der Waals surface area contributed by atoms with Gasteiger partial charge in [0.25, 0.3) is 0 Å². The van der Waals surface area contributed by atoms with Crippen molar-refractivity contribution in [1.82, 2.24) is 0 Å². The minimum atomic E-state index is 0.765. The van der Waals surface area contributed by atoms with E-state index in [0.717, 1.165) is 24.7 Å². The lowest BCUT2D eigenvalue weighted by molar-refractivity contribution is 0.641.